The summed E-state index contributed by atoms with van der Waals surface area (Å²) in [6.07, 6.45) is -2.18. The lowest BCUT2D eigenvalue weighted by Gasteiger charge is -2.15. The van der Waals surface area contributed by atoms with E-state index >= 15 is 0 Å². The molecule has 0 fully saturated rings. The zero-order chi connectivity index (χ0) is 11.7. The van der Waals surface area contributed by atoms with Crippen LogP contribution in [0.3, 0.4) is 0 Å². The minimum Gasteiger partial charge on any atom is -0.394 e. The molecule has 89 valence electrons. The van der Waals surface area contributed by atoms with Gasteiger partial charge in [0.05, 0.1) is 26.4 Å². The predicted octanol–water partition coefficient (Wildman–Crippen LogP) is -2.84. The molecule has 7 nitrogen and oxygen atoms in total. The number of aliphatic hydroxyl groups excluding tert-OH is 4. The summed E-state index contributed by atoms with van der Waals surface area (Å²) >= 11 is 0. The monoisotopic (exact) mass is 223 g/mol. The largest absolute Gasteiger partial charge is 0.394 e. The van der Waals surface area contributed by atoms with Crippen LogP contribution in [0.4, 0.5) is 0 Å². The Hall–Kier alpha value is -0.570. The zero-order valence-electron chi connectivity index (χ0n) is 8.07. The summed E-state index contributed by atoms with van der Waals surface area (Å²) in [4.78, 5) is 10.2. The molecule has 7 heteroatoms. The Morgan fingerprint density at radius 2 is 1.40 bits per heavy atom. The van der Waals surface area contributed by atoms with Gasteiger partial charge in [0.1, 0.15) is 12.2 Å². The van der Waals surface area contributed by atoms with Gasteiger partial charge in [0.15, 0.2) is 0 Å². The first-order valence-electron chi connectivity index (χ1n) is 4.32. The first-order chi connectivity index (χ1) is 7.13. The van der Waals surface area contributed by atoms with Crippen molar-refractivity contribution in [3.05, 3.63) is 0 Å². The average Bonchev–Trinajstić information content (AvgIpc) is 2.28. The van der Waals surface area contributed by atoms with Crippen molar-refractivity contribution in [2.45, 2.75) is 18.5 Å². The molecule has 2 unspecified atom stereocenters. The quantitative estimate of drug-likeness (QED) is 0.311. The van der Waals surface area contributed by atoms with Crippen molar-refractivity contribution in [1.29, 1.82) is 0 Å². The molecule has 0 aromatic rings. The summed E-state index contributed by atoms with van der Waals surface area (Å²) in [5.41, 5.74) is 0. The summed E-state index contributed by atoms with van der Waals surface area (Å²) in [6.45, 7) is -1.56. The van der Waals surface area contributed by atoms with Crippen molar-refractivity contribution in [2.24, 2.45) is 0 Å². The van der Waals surface area contributed by atoms with Gasteiger partial charge in [0.25, 0.3) is 6.29 Å². The van der Waals surface area contributed by atoms with Gasteiger partial charge in [-0.15, -0.1) is 0 Å². The van der Waals surface area contributed by atoms with Gasteiger partial charge in [0, 0.05) is 0 Å². The minimum absolute atomic E-state index is 0.286. The van der Waals surface area contributed by atoms with Crippen LogP contribution < -0.4 is 0 Å². The molecule has 0 aliphatic carbocycles. The molecule has 0 aliphatic rings. The lowest BCUT2D eigenvalue weighted by atomic mass is 10.4. The molecule has 0 rings (SSSR count). The van der Waals surface area contributed by atoms with Crippen LogP contribution in [0.1, 0.15) is 0 Å². The molecule has 15 heavy (non-hydrogen) atoms. The first-order valence-corrected chi connectivity index (χ1v) is 4.32. The van der Waals surface area contributed by atoms with Gasteiger partial charge in [-0.2, -0.15) is 0 Å². The van der Waals surface area contributed by atoms with Gasteiger partial charge in [-0.25, -0.2) is 0 Å². The van der Waals surface area contributed by atoms with E-state index in [2.05, 4.69) is 0 Å². The fraction of sp³-hybridized carbons (Fsp3) is 0.875. The van der Waals surface area contributed by atoms with E-state index in [9.17, 15) is 4.79 Å². The maximum atomic E-state index is 10.2. The van der Waals surface area contributed by atoms with E-state index in [1.165, 1.54) is 6.29 Å². The van der Waals surface area contributed by atoms with Crippen molar-refractivity contribution in [1.82, 2.24) is 0 Å². The number of hydrogen-bond donors (Lipinski definition) is 4. The van der Waals surface area contributed by atoms with E-state index in [1.54, 1.807) is 0 Å². The van der Waals surface area contributed by atoms with Gasteiger partial charge in [-0.3, -0.25) is 4.79 Å². The summed E-state index contributed by atoms with van der Waals surface area (Å²) in [6, 6.07) is 0. The highest BCUT2D eigenvalue weighted by Crippen LogP contribution is 1.95. The highest BCUT2D eigenvalue weighted by molar-refractivity contribution is 5.54. The maximum absolute atomic E-state index is 10.2. The van der Waals surface area contributed by atoms with Crippen molar-refractivity contribution < 1.29 is 34.7 Å². The van der Waals surface area contributed by atoms with Crippen molar-refractivity contribution in [3.63, 3.8) is 0 Å². The Morgan fingerprint density at radius 3 is 1.67 bits per heavy atom. The second-order valence-corrected chi connectivity index (χ2v) is 2.79. The van der Waals surface area contributed by atoms with Gasteiger partial charge in [0.2, 0.25) is 6.29 Å². The molecule has 0 bridgehead atoms. The maximum Gasteiger partial charge on any atom is 0.259 e. The van der Waals surface area contributed by atoms with Crippen LogP contribution in [-0.2, 0) is 14.3 Å². The SMILES string of the molecule is O=[C]C(OCC(O)CO)OCC(O)CO. The molecule has 0 amide bonds. The molecular weight excluding hydrogens is 208 g/mol. The third-order valence-electron chi connectivity index (χ3n) is 1.40. The van der Waals surface area contributed by atoms with Crippen LogP contribution in [0.2, 0.25) is 0 Å². The van der Waals surface area contributed by atoms with Gasteiger partial charge in [-0.05, 0) is 0 Å². The van der Waals surface area contributed by atoms with Crippen LogP contribution >= 0.6 is 0 Å². The van der Waals surface area contributed by atoms with E-state index in [1.807, 2.05) is 0 Å². The van der Waals surface area contributed by atoms with Crippen LogP contribution in [0.25, 0.3) is 0 Å². The van der Waals surface area contributed by atoms with Crippen LogP contribution in [-0.4, -0.2) is 71.6 Å². The number of aliphatic hydroxyl groups is 4. The van der Waals surface area contributed by atoms with Crippen molar-refractivity contribution >= 4 is 6.29 Å². The fourth-order valence-corrected chi connectivity index (χ4v) is 0.619. The van der Waals surface area contributed by atoms with Gasteiger partial charge in [-0.1, -0.05) is 0 Å². The molecule has 1 radical (unpaired) electrons. The second-order valence-electron chi connectivity index (χ2n) is 2.79. The molecule has 2 atom stereocenters. The Bertz CT molecular complexity index is 149. The van der Waals surface area contributed by atoms with Crippen molar-refractivity contribution in [3.8, 4) is 0 Å². The number of hydrogen-bond acceptors (Lipinski definition) is 7. The summed E-state index contributed by atoms with van der Waals surface area (Å²) < 4.78 is 9.38. The standard InChI is InChI=1S/C8H15O7/c9-1-6(12)4-14-8(3-11)15-5-7(13)2-10/h6-10,12-13H,1-2,4-5H2. The van der Waals surface area contributed by atoms with Crippen LogP contribution in [0.15, 0.2) is 0 Å². The Labute approximate surface area is 86.9 Å². The van der Waals surface area contributed by atoms with Crippen molar-refractivity contribution in [2.75, 3.05) is 26.4 Å². The Morgan fingerprint density at radius 1 is 1.00 bits per heavy atom. The summed E-state index contributed by atoms with van der Waals surface area (Å²) in [5, 5.41) is 34.6. The second kappa shape index (κ2) is 8.72. The topological polar surface area (TPSA) is 116 Å². The molecule has 0 aromatic heterocycles. The fourth-order valence-electron chi connectivity index (χ4n) is 0.619. The summed E-state index contributed by atoms with van der Waals surface area (Å²) in [5.74, 6) is 0. The average molecular weight is 223 g/mol. The third kappa shape index (κ3) is 7.37. The molecular formula is C8H15O7. The lowest BCUT2D eigenvalue weighted by Crippen LogP contribution is -2.30. The molecule has 4 N–H and O–H groups in total. The zero-order valence-corrected chi connectivity index (χ0v) is 8.07. The van der Waals surface area contributed by atoms with E-state index in [0.717, 1.165) is 0 Å². The molecule has 0 saturated heterocycles. The van der Waals surface area contributed by atoms with E-state index in [0.29, 0.717) is 0 Å². The number of rotatable bonds is 9. The number of ether oxygens (including phenoxy) is 2. The molecule has 0 aliphatic heterocycles. The molecule has 0 aromatic carbocycles. The smallest absolute Gasteiger partial charge is 0.259 e. The number of carbonyl (C=O) groups excluding carboxylic acids is 1. The Balaban J connectivity index is 3.68. The van der Waals surface area contributed by atoms with E-state index in [-0.39, 0.29) is 13.2 Å². The first kappa shape index (κ1) is 14.4. The molecule has 0 heterocycles. The van der Waals surface area contributed by atoms with E-state index < -0.39 is 31.7 Å². The highest BCUT2D eigenvalue weighted by atomic mass is 16.7. The van der Waals surface area contributed by atoms with E-state index in [4.69, 9.17) is 29.9 Å². The molecule has 0 saturated carbocycles. The highest BCUT2D eigenvalue weighted by Gasteiger charge is 2.14. The third-order valence-corrected chi connectivity index (χ3v) is 1.40. The normalized spacial score (nSPS) is 17.1. The Kier molecular flexibility index (Phi) is 8.38. The minimum atomic E-state index is -1.35. The lowest BCUT2D eigenvalue weighted by molar-refractivity contribution is -0.140. The summed E-state index contributed by atoms with van der Waals surface area (Å²) in [7, 11) is 0. The predicted molar refractivity (Wildman–Crippen MR) is 47.6 cm³/mol. The van der Waals surface area contributed by atoms with Gasteiger partial charge < -0.3 is 29.9 Å². The molecule has 0 spiro atoms. The van der Waals surface area contributed by atoms with Crippen LogP contribution in [0, 0.1) is 0 Å². The van der Waals surface area contributed by atoms with Crippen LogP contribution in [0.5, 0.6) is 0 Å². The van der Waals surface area contributed by atoms with Gasteiger partial charge >= 0.3 is 0 Å².